The van der Waals surface area contributed by atoms with Crippen LogP contribution in [0.1, 0.15) is 116 Å². The van der Waals surface area contributed by atoms with E-state index in [1.807, 2.05) is 30.9 Å². The van der Waals surface area contributed by atoms with Crippen molar-refractivity contribution in [3.05, 3.63) is 35.4 Å². The number of esters is 1. The molecule has 1 atom stereocenters. The molecular weight excluding hydrogens is 440 g/mol. The smallest absolute Gasteiger partial charge is 0.338 e. The first kappa shape index (κ1) is 27.2. The molecule has 1 aromatic carbocycles. The average molecular weight is 485 g/mol. The van der Waals surface area contributed by atoms with Crippen LogP contribution in [0.25, 0.3) is 0 Å². The standard InChI is InChI=1S/C29H44N2O4/c1-19(2)35-26(34)21-11-9-20(10-12-21)23(15-16-27(3,4)5)31-25(33)24(32)30-29(31)17-13-22(14-18-29)28(6,7)8/h9-12,19,22-23H,13-18H2,1-8H3,(H,30,32)/t22?,23-,29?/m1/s1. The third kappa shape index (κ3) is 6.25. The van der Waals surface area contributed by atoms with Gasteiger partial charge < -0.3 is 15.0 Å². The van der Waals surface area contributed by atoms with Crippen LogP contribution in [-0.4, -0.2) is 34.5 Å². The number of carbonyl (C=O) groups is 3. The monoisotopic (exact) mass is 484 g/mol. The molecule has 1 N–H and O–H groups in total. The molecule has 0 radical (unpaired) electrons. The molecule has 1 aliphatic heterocycles. The van der Waals surface area contributed by atoms with Gasteiger partial charge in [-0.05, 0) is 86.8 Å². The molecule has 35 heavy (non-hydrogen) atoms. The number of benzene rings is 1. The van der Waals surface area contributed by atoms with Gasteiger partial charge in [0, 0.05) is 0 Å². The van der Waals surface area contributed by atoms with Crippen molar-refractivity contribution in [1.29, 1.82) is 0 Å². The molecule has 1 saturated heterocycles. The quantitative estimate of drug-likeness (QED) is 0.396. The van der Waals surface area contributed by atoms with Crippen LogP contribution >= 0.6 is 0 Å². The van der Waals surface area contributed by atoms with Crippen LogP contribution in [0.4, 0.5) is 0 Å². The number of hydrogen-bond donors (Lipinski definition) is 1. The molecule has 1 aromatic rings. The van der Waals surface area contributed by atoms with E-state index in [9.17, 15) is 14.4 Å². The molecule has 6 nitrogen and oxygen atoms in total. The minimum absolute atomic E-state index is 0.0799. The molecular formula is C29H44N2O4. The van der Waals surface area contributed by atoms with Gasteiger partial charge in [0.1, 0.15) is 5.66 Å². The Balaban J connectivity index is 1.95. The Labute approximate surface area is 211 Å². The predicted octanol–water partition coefficient (Wildman–Crippen LogP) is 6.01. The van der Waals surface area contributed by atoms with Crippen molar-refractivity contribution >= 4 is 17.8 Å². The van der Waals surface area contributed by atoms with Crippen molar-refractivity contribution < 1.29 is 19.1 Å². The lowest BCUT2D eigenvalue weighted by atomic mass is 9.69. The van der Waals surface area contributed by atoms with E-state index in [1.54, 1.807) is 12.1 Å². The second-order valence-corrected chi connectivity index (χ2v) is 13.0. The lowest BCUT2D eigenvalue weighted by molar-refractivity contribution is -0.144. The van der Waals surface area contributed by atoms with E-state index >= 15 is 0 Å². The van der Waals surface area contributed by atoms with Gasteiger partial charge in [-0.1, -0.05) is 53.7 Å². The van der Waals surface area contributed by atoms with Crippen LogP contribution in [0.2, 0.25) is 0 Å². The van der Waals surface area contributed by atoms with Crippen LogP contribution in [0.5, 0.6) is 0 Å². The molecule has 1 heterocycles. The first-order valence-corrected chi connectivity index (χ1v) is 13.1. The van der Waals surface area contributed by atoms with Gasteiger partial charge in [-0.2, -0.15) is 0 Å². The zero-order valence-electron chi connectivity index (χ0n) is 22.9. The van der Waals surface area contributed by atoms with E-state index in [-0.39, 0.29) is 28.9 Å². The van der Waals surface area contributed by atoms with Gasteiger partial charge in [-0.25, -0.2) is 4.79 Å². The van der Waals surface area contributed by atoms with Crippen LogP contribution in [0, 0.1) is 16.7 Å². The maximum atomic E-state index is 13.3. The molecule has 6 heteroatoms. The summed E-state index contributed by atoms with van der Waals surface area (Å²) in [6.07, 6.45) is 4.91. The molecule has 0 bridgehead atoms. The van der Waals surface area contributed by atoms with Crippen molar-refractivity contribution in [2.75, 3.05) is 0 Å². The summed E-state index contributed by atoms with van der Waals surface area (Å²) >= 11 is 0. The summed E-state index contributed by atoms with van der Waals surface area (Å²) in [5.74, 6) is -0.746. The Bertz CT molecular complexity index is 929. The molecule has 0 unspecified atom stereocenters. The number of rotatable bonds is 6. The molecule has 2 amide bonds. The minimum atomic E-state index is -0.645. The number of amides is 2. The summed E-state index contributed by atoms with van der Waals surface area (Å²) in [7, 11) is 0. The zero-order valence-corrected chi connectivity index (χ0v) is 22.9. The summed E-state index contributed by atoms with van der Waals surface area (Å²) in [5, 5.41) is 3.10. The highest BCUT2D eigenvalue weighted by Gasteiger charge is 2.54. The lowest BCUT2D eigenvalue weighted by Gasteiger charge is -2.48. The van der Waals surface area contributed by atoms with Crippen molar-refractivity contribution in [1.82, 2.24) is 10.2 Å². The highest BCUT2D eigenvalue weighted by atomic mass is 16.5. The number of nitrogens with one attached hydrogen (secondary N) is 1. The largest absolute Gasteiger partial charge is 0.459 e. The Hall–Kier alpha value is -2.37. The molecule has 194 valence electrons. The van der Waals surface area contributed by atoms with Gasteiger partial charge in [-0.3, -0.25) is 9.59 Å². The second-order valence-electron chi connectivity index (χ2n) is 13.0. The van der Waals surface area contributed by atoms with Crippen LogP contribution in [-0.2, 0) is 14.3 Å². The van der Waals surface area contributed by atoms with Crippen molar-refractivity contribution in [3.63, 3.8) is 0 Å². The zero-order chi connectivity index (χ0) is 26.2. The van der Waals surface area contributed by atoms with E-state index in [1.165, 1.54) is 0 Å². The lowest BCUT2D eigenvalue weighted by Crippen LogP contribution is -2.56. The van der Waals surface area contributed by atoms with E-state index in [0.29, 0.717) is 11.5 Å². The Kier molecular flexibility index (Phi) is 7.73. The fourth-order valence-electron chi connectivity index (χ4n) is 5.53. The van der Waals surface area contributed by atoms with Gasteiger partial charge in [0.15, 0.2) is 0 Å². The maximum Gasteiger partial charge on any atom is 0.338 e. The van der Waals surface area contributed by atoms with E-state index < -0.39 is 17.5 Å². The van der Waals surface area contributed by atoms with Crippen LogP contribution in [0.15, 0.2) is 24.3 Å². The average Bonchev–Trinajstić information content (AvgIpc) is 2.97. The second kappa shape index (κ2) is 9.94. The Morgan fingerprint density at radius 1 is 1.06 bits per heavy atom. The van der Waals surface area contributed by atoms with Gasteiger partial charge in [0.2, 0.25) is 0 Å². The number of ether oxygens (including phenoxy) is 1. The molecule has 1 saturated carbocycles. The van der Waals surface area contributed by atoms with Crippen LogP contribution < -0.4 is 5.32 Å². The first-order valence-electron chi connectivity index (χ1n) is 13.1. The molecule has 3 rings (SSSR count). The normalized spacial score (nSPS) is 24.1. The fourth-order valence-corrected chi connectivity index (χ4v) is 5.53. The molecule has 0 aromatic heterocycles. The van der Waals surface area contributed by atoms with Crippen molar-refractivity contribution in [3.8, 4) is 0 Å². The summed E-state index contributed by atoms with van der Waals surface area (Å²) < 4.78 is 5.33. The SMILES string of the molecule is CC(C)OC(=O)c1ccc([C@@H](CCC(C)(C)C)N2C(=O)C(=O)NC23CCC(C(C)(C)C)CC3)cc1. The third-order valence-corrected chi connectivity index (χ3v) is 7.61. The van der Waals surface area contributed by atoms with Crippen molar-refractivity contribution in [2.45, 2.75) is 112 Å². The Morgan fingerprint density at radius 2 is 1.63 bits per heavy atom. The number of carbonyl (C=O) groups excluding carboxylic acids is 3. The molecule has 2 fully saturated rings. The topological polar surface area (TPSA) is 75.7 Å². The molecule has 2 aliphatic rings. The minimum Gasteiger partial charge on any atom is -0.459 e. The highest BCUT2D eigenvalue weighted by Crippen LogP contribution is 2.47. The summed E-state index contributed by atoms with van der Waals surface area (Å²) in [6, 6.07) is 7.11. The van der Waals surface area contributed by atoms with Crippen LogP contribution in [0.3, 0.4) is 0 Å². The van der Waals surface area contributed by atoms with E-state index in [0.717, 1.165) is 44.1 Å². The van der Waals surface area contributed by atoms with Crippen molar-refractivity contribution in [2.24, 2.45) is 16.7 Å². The first-order chi connectivity index (χ1) is 16.1. The van der Waals surface area contributed by atoms with Gasteiger partial charge in [0.05, 0.1) is 17.7 Å². The number of nitrogens with zero attached hydrogens (tertiary/aromatic N) is 1. The summed E-state index contributed by atoms with van der Waals surface area (Å²) in [6.45, 7) is 17.0. The van der Waals surface area contributed by atoms with Gasteiger partial charge in [0.25, 0.3) is 0 Å². The van der Waals surface area contributed by atoms with Gasteiger partial charge >= 0.3 is 17.8 Å². The predicted molar refractivity (Wildman–Crippen MR) is 138 cm³/mol. The molecule has 1 spiro atoms. The fraction of sp³-hybridized carbons (Fsp3) is 0.690. The molecule has 1 aliphatic carbocycles. The van der Waals surface area contributed by atoms with E-state index in [2.05, 4.69) is 46.9 Å². The maximum absolute atomic E-state index is 13.3. The Morgan fingerprint density at radius 3 is 2.11 bits per heavy atom. The van der Waals surface area contributed by atoms with E-state index in [4.69, 9.17) is 4.74 Å². The third-order valence-electron chi connectivity index (χ3n) is 7.61. The highest BCUT2D eigenvalue weighted by molar-refractivity contribution is 6.37. The summed E-state index contributed by atoms with van der Waals surface area (Å²) in [4.78, 5) is 40.3. The summed E-state index contributed by atoms with van der Waals surface area (Å²) in [5.41, 5.74) is 1.06. The number of hydrogen-bond acceptors (Lipinski definition) is 4. The van der Waals surface area contributed by atoms with Gasteiger partial charge in [-0.15, -0.1) is 0 Å².